The fourth-order valence-electron chi connectivity index (χ4n) is 6.09. The van der Waals surface area contributed by atoms with Crippen molar-refractivity contribution in [3.8, 4) is 0 Å². The van der Waals surface area contributed by atoms with E-state index in [-0.39, 0.29) is 37.2 Å². The first-order chi connectivity index (χ1) is 18.7. The van der Waals surface area contributed by atoms with E-state index in [1.54, 1.807) is 25.4 Å². The number of hydrogen-bond donors (Lipinski definition) is 0. The van der Waals surface area contributed by atoms with E-state index in [0.29, 0.717) is 0 Å². The van der Waals surface area contributed by atoms with Crippen molar-refractivity contribution >= 4 is 57.5 Å². The first kappa shape index (κ1) is 40.7. The smallest absolute Gasteiger partial charge is 0.147 e. The van der Waals surface area contributed by atoms with E-state index in [4.69, 9.17) is 0 Å². The molecule has 2 aromatic rings. The summed E-state index contributed by atoms with van der Waals surface area (Å²) in [7, 11) is -0.472. The molecule has 1 aliphatic rings. The molecule has 1 aliphatic carbocycles. The zero-order valence-corrected chi connectivity index (χ0v) is 31.3. The SMILES string of the molecule is CCCCCCCCCCCCCCCCCCc1c(C)cccc1[SiH2]C1=CC[C]([Ti])=C1c1ccccc1.Cl.Cl.Cl. The molecule has 229 valence electrons. The number of unbranched alkanes of at least 4 members (excludes halogenated alkanes) is 15. The minimum Gasteiger partial charge on any atom is -0.147 e. The third kappa shape index (κ3) is 15.3. The van der Waals surface area contributed by atoms with Crippen LogP contribution in [0, 0.1) is 6.92 Å². The van der Waals surface area contributed by atoms with Crippen LogP contribution in [0.3, 0.4) is 0 Å². The van der Waals surface area contributed by atoms with Gasteiger partial charge >= 0.3 is 173 Å². The van der Waals surface area contributed by atoms with Crippen molar-refractivity contribution in [1.82, 2.24) is 0 Å². The van der Waals surface area contributed by atoms with E-state index in [0.717, 1.165) is 6.42 Å². The van der Waals surface area contributed by atoms with Gasteiger partial charge in [-0.2, -0.15) is 0 Å². The Balaban J connectivity index is 0.00000533. The third-order valence-electron chi connectivity index (χ3n) is 8.41. The molecule has 0 N–H and O–H groups in total. The molecule has 41 heavy (non-hydrogen) atoms. The number of rotatable bonds is 20. The van der Waals surface area contributed by atoms with Crippen molar-refractivity contribution in [2.24, 2.45) is 0 Å². The molecule has 0 fully saturated rings. The summed E-state index contributed by atoms with van der Waals surface area (Å²) in [6, 6.07) is 18.2. The van der Waals surface area contributed by atoms with E-state index in [9.17, 15) is 0 Å². The second-order valence-corrected chi connectivity index (χ2v) is 14.4. The summed E-state index contributed by atoms with van der Waals surface area (Å²) in [5.41, 5.74) is 6.14. The molecular weight excluding hydrogens is 615 g/mol. The van der Waals surface area contributed by atoms with E-state index < -0.39 is 9.52 Å². The largest absolute Gasteiger partial charge is 0.147 e. The monoisotopic (exact) mass is 669 g/mol. The molecule has 5 heteroatoms. The molecule has 0 heterocycles. The van der Waals surface area contributed by atoms with Gasteiger partial charge in [-0.15, -0.1) is 37.2 Å². The molecule has 0 bridgehead atoms. The van der Waals surface area contributed by atoms with Gasteiger partial charge in [0.1, 0.15) is 0 Å². The maximum Gasteiger partial charge on any atom is -0.147 e. The van der Waals surface area contributed by atoms with Gasteiger partial charge in [-0.1, -0.05) is 77.6 Å². The van der Waals surface area contributed by atoms with Gasteiger partial charge in [-0.25, -0.2) is 0 Å². The van der Waals surface area contributed by atoms with Crippen molar-refractivity contribution in [3.63, 3.8) is 0 Å². The number of benzene rings is 2. The fraction of sp³-hybridized carbons (Fsp3) is 0.556. The molecule has 0 nitrogen and oxygen atoms in total. The van der Waals surface area contributed by atoms with Crippen LogP contribution in [0.5, 0.6) is 0 Å². The average Bonchev–Trinajstić information content (AvgIpc) is 3.29. The van der Waals surface area contributed by atoms with Crippen molar-refractivity contribution in [2.75, 3.05) is 0 Å². The Labute approximate surface area is 285 Å². The van der Waals surface area contributed by atoms with Crippen molar-refractivity contribution in [2.45, 2.75) is 129 Å². The number of allylic oxidation sites excluding steroid dienone is 4. The maximum atomic E-state index is 2.53. The van der Waals surface area contributed by atoms with Gasteiger partial charge in [-0.3, -0.25) is 0 Å². The molecular formula is C36H56Cl3SiTi. The summed E-state index contributed by atoms with van der Waals surface area (Å²) < 4.78 is 1.55. The number of halogens is 3. The Morgan fingerprint density at radius 1 is 0.634 bits per heavy atom. The van der Waals surface area contributed by atoms with Crippen LogP contribution in [0.4, 0.5) is 0 Å². The first-order valence-corrected chi connectivity index (χ1v) is 18.2. The third-order valence-corrected chi connectivity index (χ3v) is 11.2. The second kappa shape index (κ2) is 25.1. The summed E-state index contributed by atoms with van der Waals surface area (Å²) in [6.07, 6.45) is 27.9. The van der Waals surface area contributed by atoms with Gasteiger partial charge in [0.15, 0.2) is 0 Å². The number of hydrogen-bond acceptors (Lipinski definition) is 0. The zero-order valence-electron chi connectivity index (χ0n) is 25.9. The minimum atomic E-state index is -0.472. The molecule has 2 aromatic carbocycles. The van der Waals surface area contributed by atoms with E-state index >= 15 is 0 Å². The zero-order chi connectivity index (χ0) is 26.8. The Hall–Kier alpha value is -0.279. The summed E-state index contributed by atoms with van der Waals surface area (Å²) in [5, 5.41) is 3.34. The van der Waals surface area contributed by atoms with E-state index in [1.165, 1.54) is 120 Å². The molecule has 0 saturated heterocycles. The minimum absolute atomic E-state index is 0. The van der Waals surface area contributed by atoms with Gasteiger partial charge in [0.25, 0.3) is 0 Å². The van der Waals surface area contributed by atoms with Gasteiger partial charge < -0.3 is 0 Å². The maximum absolute atomic E-state index is 2.53. The van der Waals surface area contributed by atoms with Crippen LogP contribution in [0.15, 0.2) is 63.7 Å². The van der Waals surface area contributed by atoms with Crippen molar-refractivity contribution in [1.29, 1.82) is 0 Å². The van der Waals surface area contributed by atoms with Gasteiger partial charge in [-0.05, 0) is 0 Å². The van der Waals surface area contributed by atoms with Crippen LogP contribution in [-0.4, -0.2) is 9.52 Å². The summed E-state index contributed by atoms with van der Waals surface area (Å²) in [4.78, 5) is 0. The number of aryl methyl sites for hydroxylation is 1. The fourth-order valence-corrected chi connectivity index (χ4v) is 9.22. The van der Waals surface area contributed by atoms with E-state index in [2.05, 4.69) is 88.9 Å². The molecule has 0 aromatic heterocycles. The Morgan fingerprint density at radius 2 is 1.15 bits per heavy atom. The first-order valence-electron chi connectivity index (χ1n) is 16.0. The van der Waals surface area contributed by atoms with Crippen molar-refractivity contribution < 1.29 is 20.4 Å². The second-order valence-electron chi connectivity index (χ2n) is 11.6. The average molecular weight is 671 g/mol. The molecule has 0 aliphatic heterocycles. The summed E-state index contributed by atoms with van der Waals surface area (Å²) in [6.45, 7) is 4.64. The summed E-state index contributed by atoms with van der Waals surface area (Å²) in [5.74, 6) is 0. The van der Waals surface area contributed by atoms with Gasteiger partial charge in [0.05, 0.1) is 0 Å². The van der Waals surface area contributed by atoms with Gasteiger partial charge in [0.2, 0.25) is 0 Å². The molecule has 0 saturated carbocycles. The predicted molar refractivity (Wildman–Crippen MR) is 190 cm³/mol. The van der Waals surface area contributed by atoms with E-state index in [1.807, 2.05) is 0 Å². The predicted octanol–water partition coefficient (Wildman–Crippen LogP) is 11.1. The molecule has 0 spiro atoms. The molecule has 3 rings (SSSR count). The summed E-state index contributed by atoms with van der Waals surface area (Å²) >= 11 is 2.33. The van der Waals surface area contributed by atoms with Crippen LogP contribution in [0.2, 0.25) is 0 Å². The van der Waals surface area contributed by atoms with Crippen molar-refractivity contribution in [3.05, 3.63) is 80.4 Å². The molecule has 0 radical (unpaired) electrons. The topological polar surface area (TPSA) is 0 Å². The van der Waals surface area contributed by atoms with Crippen LogP contribution in [0.25, 0.3) is 5.57 Å². The van der Waals surface area contributed by atoms with Gasteiger partial charge in [0, 0.05) is 0 Å². The Kier molecular flexibility index (Phi) is 24.9. The standard InChI is InChI=1S/C36H53Si.3ClH.Ti/c1-3-4-5-6-7-8-9-10-11-12-13-14-15-16-17-21-27-33-31(2)24-22-29-35(33)37-36-30-23-28-34(36)32-25-19-18-20-26-32;;;;/h18-20,22,24-26,29-30H,3-17,21,23,27,37H2,1-2H3;3*1H;. The quantitative estimate of drug-likeness (QED) is 0.0971. The van der Waals surface area contributed by atoms with Crippen LogP contribution >= 0.6 is 37.2 Å². The van der Waals surface area contributed by atoms with Crippen LogP contribution < -0.4 is 5.19 Å². The normalized spacial score (nSPS) is 12.7. The molecule has 0 unspecified atom stereocenters. The Bertz CT molecular complexity index is 1000. The Morgan fingerprint density at radius 3 is 1.68 bits per heavy atom. The molecule has 0 atom stereocenters. The molecule has 0 amide bonds. The van der Waals surface area contributed by atoms with Crippen LogP contribution in [0.1, 0.15) is 133 Å². The van der Waals surface area contributed by atoms with Crippen LogP contribution in [-0.2, 0) is 26.9 Å².